The molecule has 160 valence electrons. The first-order valence-electron chi connectivity index (χ1n) is 9.42. The highest BCUT2D eigenvalue weighted by Gasteiger charge is 2.24. The van der Waals surface area contributed by atoms with E-state index >= 15 is 0 Å². The number of likely N-dealkylation sites (N-methyl/N-ethyl adjacent to an activating group) is 1. The Kier molecular flexibility index (Phi) is 6.84. The summed E-state index contributed by atoms with van der Waals surface area (Å²) >= 11 is 0. The quantitative estimate of drug-likeness (QED) is 0.545. The van der Waals surface area contributed by atoms with Gasteiger partial charge in [0.05, 0.1) is 24.2 Å². The molecule has 0 fully saturated rings. The maximum Gasteiger partial charge on any atom is 0.243 e. The summed E-state index contributed by atoms with van der Waals surface area (Å²) < 4.78 is 31.4. The minimum atomic E-state index is -3.87. The number of nitrogens with one attached hydrogen (secondary N) is 1. The van der Waals surface area contributed by atoms with Crippen LogP contribution in [0, 0.1) is 0 Å². The van der Waals surface area contributed by atoms with Gasteiger partial charge in [-0.3, -0.25) is 9.59 Å². The number of amides is 1. The van der Waals surface area contributed by atoms with Crippen LogP contribution in [0.2, 0.25) is 0 Å². The highest BCUT2D eigenvalue weighted by Crippen LogP contribution is 2.21. The highest BCUT2D eigenvalue weighted by atomic mass is 32.2. The number of nitrogens with zero attached hydrogens (tertiary/aromatic N) is 1. The van der Waals surface area contributed by atoms with Gasteiger partial charge in [0.15, 0.2) is 5.78 Å². The number of sulfonamides is 1. The lowest BCUT2D eigenvalue weighted by Crippen LogP contribution is -2.35. The van der Waals surface area contributed by atoms with Crippen LogP contribution in [0.25, 0.3) is 0 Å². The van der Waals surface area contributed by atoms with Gasteiger partial charge >= 0.3 is 0 Å². The first kappa shape index (κ1) is 22.2. The molecule has 0 aromatic heterocycles. The third-order valence-electron chi connectivity index (χ3n) is 4.62. The Bertz CT molecular complexity index is 1180. The highest BCUT2D eigenvalue weighted by molar-refractivity contribution is 7.89. The Balaban J connectivity index is 1.74. The third kappa shape index (κ3) is 5.17. The molecule has 0 bridgehead atoms. The first-order chi connectivity index (χ1) is 14.8. The van der Waals surface area contributed by atoms with Crippen molar-refractivity contribution in [1.82, 2.24) is 4.31 Å². The summed E-state index contributed by atoms with van der Waals surface area (Å²) in [6.45, 7) is -0.414. The normalized spacial score (nSPS) is 11.2. The summed E-state index contributed by atoms with van der Waals surface area (Å²) in [5.41, 5.74) is 1.13. The van der Waals surface area contributed by atoms with Gasteiger partial charge in [0.25, 0.3) is 0 Å². The average Bonchev–Trinajstić information content (AvgIpc) is 2.79. The van der Waals surface area contributed by atoms with Crippen molar-refractivity contribution < 1.29 is 22.7 Å². The Morgan fingerprint density at radius 2 is 1.52 bits per heavy atom. The zero-order valence-electron chi connectivity index (χ0n) is 17.1. The van der Waals surface area contributed by atoms with Gasteiger partial charge in [-0.25, -0.2) is 8.42 Å². The SMILES string of the molecule is COc1ccc(S(=O)(=O)N(C)CC(=O)Nc2ccccc2C(=O)c2ccccc2)cc1. The molecule has 7 nitrogen and oxygen atoms in total. The van der Waals surface area contributed by atoms with Crippen LogP contribution in [0.5, 0.6) is 5.75 Å². The minimum Gasteiger partial charge on any atom is -0.497 e. The summed E-state index contributed by atoms with van der Waals surface area (Å²) in [5.74, 6) is -0.275. The van der Waals surface area contributed by atoms with Crippen molar-refractivity contribution in [2.45, 2.75) is 4.90 Å². The molecule has 3 rings (SSSR count). The lowest BCUT2D eigenvalue weighted by atomic mass is 10.0. The second-order valence-corrected chi connectivity index (χ2v) is 8.77. The van der Waals surface area contributed by atoms with Crippen LogP contribution in [0.1, 0.15) is 15.9 Å². The zero-order valence-corrected chi connectivity index (χ0v) is 17.9. The fourth-order valence-corrected chi connectivity index (χ4v) is 4.07. The number of benzene rings is 3. The van der Waals surface area contributed by atoms with E-state index in [0.717, 1.165) is 4.31 Å². The standard InChI is InChI=1S/C23H22N2O5S/c1-25(31(28,29)19-14-12-18(30-2)13-15-19)16-22(26)24-21-11-7-6-10-20(21)23(27)17-8-4-3-5-9-17/h3-15H,16H2,1-2H3,(H,24,26). The van der Waals surface area contributed by atoms with Gasteiger partial charge in [-0.05, 0) is 36.4 Å². The van der Waals surface area contributed by atoms with E-state index in [9.17, 15) is 18.0 Å². The molecule has 0 aliphatic carbocycles. The number of ether oxygens (including phenoxy) is 1. The topological polar surface area (TPSA) is 92.8 Å². The maximum atomic E-state index is 12.8. The van der Waals surface area contributed by atoms with Crippen molar-refractivity contribution in [3.05, 3.63) is 90.0 Å². The number of hydrogen-bond acceptors (Lipinski definition) is 5. The van der Waals surface area contributed by atoms with Gasteiger partial charge < -0.3 is 10.1 Å². The largest absolute Gasteiger partial charge is 0.497 e. The number of carbonyl (C=O) groups excluding carboxylic acids is 2. The molecule has 1 N–H and O–H groups in total. The van der Waals surface area contributed by atoms with Crippen molar-refractivity contribution in [1.29, 1.82) is 0 Å². The number of carbonyl (C=O) groups is 2. The number of para-hydroxylation sites is 1. The molecule has 1 amide bonds. The molecule has 0 aliphatic heterocycles. The minimum absolute atomic E-state index is 0.0447. The molecule has 0 spiro atoms. The first-order valence-corrected chi connectivity index (χ1v) is 10.9. The van der Waals surface area contributed by atoms with E-state index < -0.39 is 22.5 Å². The summed E-state index contributed by atoms with van der Waals surface area (Å²) in [6, 6.07) is 21.2. The predicted octanol–water partition coefficient (Wildman–Crippen LogP) is 3.19. The molecule has 0 saturated heterocycles. The lowest BCUT2D eigenvalue weighted by Gasteiger charge is -2.18. The summed E-state index contributed by atoms with van der Waals surface area (Å²) in [4.78, 5) is 25.4. The fraction of sp³-hybridized carbons (Fsp3) is 0.130. The Hall–Kier alpha value is -3.49. The molecule has 31 heavy (non-hydrogen) atoms. The van der Waals surface area contributed by atoms with E-state index in [0.29, 0.717) is 22.6 Å². The summed E-state index contributed by atoms with van der Waals surface area (Å²) in [7, 11) is -1.06. The molecule has 0 aliphatic rings. The molecule has 0 unspecified atom stereocenters. The molecular weight excluding hydrogens is 416 g/mol. The van der Waals surface area contributed by atoms with Gasteiger partial charge in [-0.1, -0.05) is 42.5 Å². The number of hydrogen-bond donors (Lipinski definition) is 1. The van der Waals surface area contributed by atoms with Gasteiger partial charge in [0.2, 0.25) is 15.9 Å². The Morgan fingerprint density at radius 1 is 0.903 bits per heavy atom. The van der Waals surface area contributed by atoms with Crippen molar-refractivity contribution in [3.8, 4) is 5.75 Å². The molecule has 0 radical (unpaired) electrons. The van der Waals surface area contributed by atoms with Crippen LogP contribution in [0.4, 0.5) is 5.69 Å². The van der Waals surface area contributed by atoms with Crippen LogP contribution in [0.15, 0.2) is 83.8 Å². The molecule has 0 heterocycles. The van der Waals surface area contributed by atoms with E-state index in [-0.39, 0.29) is 10.7 Å². The van der Waals surface area contributed by atoms with Crippen molar-refractivity contribution in [2.75, 3.05) is 26.0 Å². The third-order valence-corrected chi connectivity index (χ3v) is 6.43. The molecule has 8 heteroatoms. The van der Waals surface area contributed by atoms with Crippen LogP contribution in [-0.4, -0.2) is 45.1 Å². The van der Waals surface area contributed by atoms with E-state index in [4.69, 9.17) is 4.74 Å². The van der Waals surface area contributed by atoms with Crippen molar-refractivity contribution in [3.63, 3.8) is 0 Å². The fourth-order valence-electron chi connectivity index (χ4n) is 2.94. The van der Waals surface area contributed by atoms with E-state index in [2.05, 4.69) is 5.32 Å². The van der Waals surface area contributed by atoms with E-state index in [1.165, 1.54) is 38.4 Å². The van der Waals surface area contributed by atoms with Crippen molar-refractivity contribution >= 4 is 27.4 Å². The summed E-state index contributed by atoms with van der Waals surface area (Å²) in [6.07, 6.45) is 0. The Morgan fingerprint density at radius 3 is 2.16 bits per heavy atom. The molecule has 0 atom stereocenters. The zero-order chi connectivity index (χ0) is 22.4. The Labute approximate surface area is 181 Å². The van der Waals surface area contributed by atoms with Crippen LogP contribution in [-0.2, 0) is 14.8 Å². The second kappa shape index (κ2) is 9.55. The van der Waals surface area contributed by atoms with Gasteiger partial charge in [0, 0.05) is 18.2 Å². The molecular formula is C23H22N2O5S. The van der Waals surface area contributed by atoms with Gasteiger partial charge in [0.1, 0.15) is 5.75 Å². The van der Waals surface area contributed by atoms with Crippen molar-refractivity contribution in [2.24, 2.45) is 0 Å². The number of anilines is 1. The number of rotatable bonds is 8. The monoisotopic (exact) mass is 438 g/mol. The van der Waals surface area contributed by atoms with Crippen LogP contribution in [0.3, 0.4) is 0 Å². The second-order valence-electron chi connectivity index (χ2n) is 6.73. The van der Waals surface area contributed by atoms with Gasteiger partial charge in [-0.15, -0.1) is 0 Å². The van der Waals surface area contributed by atoms with E-state index in [1.54, 1.807) is 48.5 Å². The summed E-state index contributed by atoms with van der Waals surface area (Å²) in [5, 5.41) is 2.65. The number of methoxy groups -OCH3 is 1. The van der Waals surface area contributed by atoms with Gasteiger partial charge in [-0.2, -0.15) is 4.31 Å². The van der Waals surface area contributed by atoms with Crippen LogP contribution >= 0.6 is 0 Å². The smallest absolute Gasteiger partial charge is 0.243 e. The molecule has 0 saturated carbocycles. The number of ketones is 1. The maximum absolute atomic E-state index is 12.8. The predicted molar refractivity (Wildman–Crippen MR) is 118 cm³/mol. The van der Waals surface area contributed by atoms with Crippen LogP contribution < -0.4 is 10.1 Å². The molecule has 3 aromatic carbocycles. The lowest BCUT2D eigenvalue weighted by molar-refractivity contribution is -0.116. The average molecular weight is 439 g/mol. The molecule has 3 aromatic rings. The van der Waals surface area contributed by atoms with E-state index in [1.807, 2.05) is 6.07 Å².